The van der Waals surface area contributed by atoms with Crippen molar-refractivity contribution in [2.45, 2.75) is 39.4 Å². The fourth-order valence-electron chi connectivity index (χ4n) is 3.24. The van der Waals surface area contributed by atoms with Gasteiger partial charge in [0.25, 0.3) is 0 Å². The number of amides is 1. The molecule has 0 bridgehead atoms. The molecule has 1 aliphatic heterocycles. The number of halogens is 2. The summed E-state index contributed by atoms with van der Waals surface area (Å²) in [5.74, 6) is 1.02. The summed E-state index contributed by atoms with van der Waals surface area (Å²) >= 11 is 5.94. The minimum Gasteiger partial charge on any atom is -0.357 e. The Kier molecular flexibility index (Phi) is 9.73. The number of benzene rings is 2. The average Bonchev–Trinajstić information content (AvgIpc) is 3.11. The Morgan fingerprint density at radius 2 is 1.83 bits per heavy atom. The lowest BCUT2D eigenvalue weighted by atomic mass is 10.1. The van der Waals surface area contributed by atoms with E-state index in [1.165, 1.54) is 11.1 Å². The minimum absolute atomic E-state index is 0. The van der Waals surface area contributed by atoms with Crippen molar-refractivity contribution >= 4 is 47.4 Å². The molecule has 0 radical (unpaired) electrons. The smallest absolute Gasteiger partial charge is 0.222 e. The molecule has 2 aromatic carbocycles. The zero-order valence-electron chi connectivity index (χ0n) is 16.7. The van der Waals surface area contributed by atoms with Gasteiger partial charge < -0.3 is 15.5 Å². The van der Waals surface area contributed by atoms with Crippen LogP contribution < -0.4 is 10.6 Å². The van der Waals surface area contributed by atoms with Crippen molar-refractivity contribution in [2.24, 2.45) is 4.99 Å². The van der Waals surface area contributed by atoms with Crippen molar-refractivity contribution < 1.29 is 4.79 Å². The van der Waals surface area contributed by atoms with Crippen LogP contribution in [0.25, 0.3) is 0 Å². The van der Waals surface area contributed by atoms with E-state index in [-0.39, 0.29) is 29.9 Å². The SMILES string of the molecule is CCNC(=NCc1ccc(Cl)cc1)NCc1ccccc1CN1CCCC1=O.I. The first kappa shape index (κ1) is 23.5. The van der Waals surface area contributed by atoms with E-state index in [9.17, 15) is 4.79 Å². The van der Waals surface area contributed by atoms with E-state index in [4.69, 9.17) is 11.6 Å². The van der Waals surface area contributed by atoms with Gasteiger partial charge in [-0.05, 0) is 42.2 Å². The summed E-state index contributed by atoms with van der Waals surface area (Å²) in [6.45, 7) is 5.60. The van der Waals surface area contributed by atoms with Gasteiger partial charge in [-0.25, -0.2) is 4.99 Å². The van der Waals surface area contributed by atoms with E-state index in [1.807, 2.05) is 48.2 Å². The first-order valence-corrected chi connectivity index (χ1v) is 10.1. The van der Waals surface area contributed by atoms with Gasteiger partial charge >= 0.3 is 0 Å². The van der Waals surface area contributed by atoms with Crippen molar-refractivity contribution in [3.63, 3.8) is 0 Å². The fraction of sp³-hybridized carbons (Fsp3) is 0.364. The zero-order valence-corrected chi connectivity index (χ0v) is 19.7. The molecule has 0 aromatic heterocycles. The van der Waals surface area contributed by atoms with Crippen molar-refractivity contribution in [1.29, 1.82) is 0 Å². The van der Waals surface area contributed by atoms with E-state index < -0.39 is 0 Å². The lowest BCUT2D eigenvalue weighted by Gasteiger charge is -2.19. The molecule has 1 amide bonds. The molecule has 1 fully saturated rings. The van der Waals surface area contributed by atoms with Crippen molar-refractivity contribution in [2.75, 3.05) is 13.1 Å². The Balaban J connectivity index is 0.00000300. The van der Waals surface area contributed by atoms with Crippen LogP contribution in [0.2, 0.25) is 5.02 Å². The van der Waals surface area contributed by atoms with Gasteiger partial charge in [0.2, 0.25) is 5.91 Å². The molecule has 5 nitrogen and oxygen atoms in total. The summed E-state index contributed by atoms with van der Waals surface area (Å²) < 4.78 is 0. The van der Waals surface area contributed by atoms with Crippen molar-refractivity contribution in [3.8, 4) is 0 Å². The summed E-state index contributed by atoms with van der Waals surface area (Å²) in [5.41, 5.74) is 3.47. The molecular formula is C22H28ClIN4O. The van der Waals surface area contributed by atoms with Crippen LogP contribution in [0.3, 0.4) is 0 Å². The number of guanidine groups is 1. The van der Waals surface area contributed by atoms with E-state index in [1.54, 1.807) is 0 Å². The molecule has 2 N–H and O–H groups in total. The van der Waals surface area contributed by atoms with Crippen LogP contribution in [-0.4, -0.2) is 29.9 Å². The van der Waals surface area contributed by atoms with Gasteiger partial charge in [0, 0.05) is 37.6 Å². The second kappa shape index (κ2) is 12.0. The lowest BCUT2D eigenvalue weighted by molar-refractivity contribution is -0.128. The number of nitrogens with one attached hydrogen (secondary N) is 2. The Bertz CT molecular complexity index is 826. The van der Waals surface area contributed by atoms with Gasteiger partial charge in [-0.15, -0.1) is 24.0 Å². The molecule has 1 saturated heterocycles. The van der Waals surface area contributed by atoms with Crippen LogP contribution in [0.5, 0.6) is 0 Å². The van der Waals surface area contributed by atoms with Gasteiger partial charge in [0.1, 0.15) is 0 Å². The standard InChI is InChI=1S/C22H27ClN4O.HI/c1-2-24-22(25-14-17-9-11-20(23)12-10-17)26-15-18-6-3-4-7-19(18)16-27-13-5-8-21(27)28;/h3-4,6-7,9-12H,2,5,8,13-16H2,1H3,(H2,24,25,26);1H. The third-order valence-electron chi connectivity index (χ3n) is 4.77. The predicted octanol–water partition coefficient (Wildman–Crippen LogP) is 4.34. The summed E-state index contributed by atoms with van der Waals surface area (Å²) in [6, 6.07) is 16.0. The molecule has 1 heterocycles. The number of carbonyl (C=O) groups is 1. The highest BCUT2D eigenvalue weighted by Crippen LogP contribution is 2.17. The third-order valence-corrected chi connectivity index (χ3v) is 5.03. The molecular weight excluding hydrogens is 499 g/mol. The summed E-state index contributed by atoms with van der Waals surface area (Å²) in [7, 11) is 0. The van der Waals surface area contributed by atoms with E-state index >= 15 is 0 Å². The highest BCUT2D eigenvalue weighted by atomic mass is 127. The Morgan fingerprint density at radius 3 is 2.48 bits per heavy atom. The van der Waals surface area contributed by atoms with Gasteiger partial charge in [0.15, 0.2) is 5.96 Å². The van der Waals surface area contributed by atoms with E-state index in [0.29, 0.717) is 26.1 Å². The first-order valence-electron chi connectivity index (χ1n) is 9.77. The van der Waals surface area contributed by atoms with Gasteiger partial charge in [-0.2, -0.15) is 0 Å². The summed E-state index contributed by atoms with van der Waals surface area (Å²) in [4.78, 5) is 18.6. The lowest BCUT2D eigenvalue weighted by Crippen LogP contribution is -2.37. The van der Waals surface area contributed by atoms with E-state index in [0.717, 1.165) is 36.1 Å². The quantitative estimate of drug-likeness (QED) is 0.321. The molecule has 1 aliphatic rings. The number of nitrogens with zero attached hydrogens (tertiary/aromatic N) is 2. The summed E-state index contributed by atoms with van der Waals surface area (Å²) in [5, 5.41) is 7.41. The number of hydrogen-bond donors (Lipinski definition) is 2. The minimum atomic E-state index is 0. The zero-order chi connectivity index (χ0) is 19.8. The summed E-state index contributed by atoms with van der Waals surface area (Å²) in [6.07, 6.45) is 1.63. The van der Waals surface area contributed by atoms with Crippen LogP contribution in [-0.2, 0) is 24.4 Å². The second-order valence-electron chi connectivity index (χ2n) is 6.86. The topological polar surface area (TPSA) is 56.7 Å². The number of likely N-dealkylation sites (tertiary alicyclic amines) is 1. The molecule has 0 unspecified atom stereocenters. The number of aliphatic imine (C=N–C) groups is 1. The van der Waals surface area contributed by atoms with Gasteiger partial charge in [-0.3, -0.25) is 4.79 Å². The fourth-order valence-corrected chi connectivity index (χ4v) is 3.37. The normalized spacial score (nSPS) is 13.9. The van der Waals surface area contributed by atoms with Gasteiger partial charge in [0.05, 0.1) is 6.54 Å². The van der Waals surface area contributed by atoms with E-state index in [2.05, 4.69) is 27.8 Å². The maximum atomic E-state index is 12.0. The van der Waals surface area contributed by atoms with Crippen LogP contribution >= 0.6 is 35.6 Å². The van der Waals surface area contributed by atoms with Crippen LogP contribution in [0.4, 0.5) is 0 Å². The monoisotopic (exact) mass is 526 g/mol. The molecule has 0 aliphatic carbocycles. The predicted molar refractivity (Wildman–Crippen MR) is 130 cm³/mol. The van der Waals surface area contributed by atoms with Crippen molar-refractivity contribution in [3.05, 3.63) is 70.2 Å². The molecule has 0 saturated carbocycles. The Hall–Kier alpha value is -1.80. The second-order valence-corrected chi connectivity index (χ2v) is 7.30. The number of carbonyl (C=O) groups excluding carboxylic acids is 1. The first-order chi connectivity index (χ1) is 13.7. The number of hydrogen-bond acceptors (Lipinski definition) is 2. The third kappa shape index (κ3) is 7.19. The Morgan fingerprint density at radius 1 is 1.10 bits per heavy atom. The molecule has 0 spiro atoms. The molecule has 3 rings (SSSR count). The Labute approximate surface area is 194 Å². The largest absolute Gasteiger partial charge is 0.357 e. The highest BCUT2D eigenvalue weighted by molar-refractivity contribution is 14.0. The number of rotatable bonds is 7. The molecule has 2 aromatic rings. The molecule has 29 heavy (non-hydrogen) atoms. The molecule has 0 atom stereocenters. The van der Waals surface area contributed by atoms with Crippen LogP contribution in [0.15, 0.2) is 53.5 Å². The maximum Gasteiger partial charge on any atom is 0.222 e. The van der Waals surface area contributed by atoms with Crippen LogP contribution in [0, 0.1) is 0 Å². The van der Waals surface area contributed by atoms with Gasteiger partial charge in [-0.1, -0.05) is 48.0 Å². The highest BCUT2D eigenvalue weighted by Gasteiger charge is 2.20. The molecule has 156 valence electrons. The molecule has 7 heteroatoms. The van der Waals surface area contributed by atoms with Crippen LogP contribution in [0.1, 0.15) is 36.5 Å². The average molecular weight is 527 g/mol. The maximum absolute atomic E-state index is 12.0. The van der Waals surface area contributed by atoms with Crippen molar-refractivity contribution in [1.82, 2.24) is 15.5 Å².